The molecule has 0 unspecified atom stereocenters. The molecule has 2 fully saturated rings. The van der Waals surface area contributed by atoms with E-state index in [1.54, 1.807) is 11.1 Å². The Morgan fingerprint density at radius 1 is 0.867 bits per heavy atom. The number of halogens is 2. The highest BCUT2D eigenvalue weighted by molar-refractivity contribution is 6.31. The number of hydrogen-bond donors (Lipinski definition) is 0. The van der Waals surface area contributed by atoms with Crippen molar-refractivity contribution in [1.29, 1.82) is 0 Å². The molecule has 6 atom stereocenters. The average Bonchev–Trinajstić information content (AvgIpc) is 2.70. The van der Waals surface area contributed by atoms with E-state index < -0.39 is 0 Å². The van der Waals surface area contributed by atoms with Crippen molar-refractivity contribution in [1.82, 2.24) is 0 Å². The molecule has 0 aromatic heterocycles. The van der Waals surface area contributed by atoms with E-state index in [-0.39, 0.29) is 10.8 Å². The van der Waals surface area contributed by atoms with Gasteiger partial charge in [-0.2, -0.15) is 0 Å². The summed E-state index contributed by atoms with van der Waals surface area (Å²) in [4.78, 5) is 0. The summed E-state index contributed by atoms with van der Waals surface area (Å²) in [7, 11) is 0. The fourth-order valence-corrected chi connectivity index (χ4v) is 5.03. The minimum atomic E-state index is 0.200. The lowest BCUT2D eigenvalue weighted by Gasteiger charge is -2.45. The third-order valence-electron chi connectivity index (χ3n) is 4.69. The number of hydrogen-bond acceptors (Lipinski definition) is 0. The number of benzene rings is 1. The smallest absolute Gasteiger partial charge is 0.0537 e. The Kier molecular flexibility index (Phi) is 1.62. The molecule has 0 spiro atoms. The first-order valence-corrected chi connectivity index (χ1v) is 6.53. The second kappa shape index (κ2) is 2.73. The third-order valence-corrected chi connectivity index (χ3v) is 6.01. The minimum absolute atomic E-state index is 0.200. The molecule has 2 heteroatoms. The second-order valence-electron chi connectivity index (χ2n) is 5.13. The predicted molar refractivity (Wildman–Crippen MR) is 62.8 cm³/mol. The van der Waals surface area contributed by atoms with Gasteiger partial charge in [-0.1, -0.05) is 24.3 Å². The van der Waals surface area contributed by atoms with Crippen molar-refractivity contribution in [3.63, 3.8) is 0 Å². The quantitative estimate of drug-likeness (QED) is 0.605. The second-order valence-corrected chi connectivity index (χ2v) is 6.14. The summed E-state index contributed by atoms with van der Waals surface area (Å²) in [6.07, 6.45) is 1.24. The van der Waals surface area contributed by atoms with Crippen LogP contribution in [0.4, 0.5) is 0 Å². The van der Waals surface area contributed by atoms with Crippen molar-refractivity contribution in [2.75, 3.05) is 0 Å². The first kappa shape index (κ1) is 8.90. The van der Waals surface area contributed by atoms with E-state index in [9.17, 15) is 0 Å². The molecule has 4 rings (SSSR count). The lowest BCUT2D eigenvalue weighted by atomic mass is 9.61. The Bertz CT molecular complexity index is 389. The molecule has 3 aliphatic rings. The molecule has 2 saturated carbocycles. The fraction of sp³-hybridized carbons (Fsp3) is 0.538. The number of rotatable bonds is 0. The highest BCUT2D eigenvalue weighted by atomic mass is 35.5. The molecule has 0 radical (unpaired) electrons. The standard InChI is InChI=1S/C13H12Cl2/c14-12-8-5-9(13(12)15)11-7-4-2-1-3-6(7)10(8)11/h1-4,8-13H,5H2/t8-,9+,10+,11-,12-,13+. The first-order chi connectivity index (χ1) is 7.29. The predicted octanol–water partition coefficient (Wildman–Crippen LogP) is 3.73. The molecular formula is C13H12Cl2. The molecular weight excluding hydrogens is 227 g/mol. The molecule has 1 aromatic carbocycles. The summed E-state index contributed by atoms with van der Waals surface area (Å²) >= 11 is 12.8. The van der Waals surface area contributed by atoms with Crippen LogP contribution in [0.15, 0.2) is 24.3 Å². The van der Waals surface area contributed by atoms with E-state index in [1.165, 1.54) is 6.42 Å². The Labute approximate surface area is 99.6 Å². The van der Waals surface area contributed by atoms with Gasteiger partial charge in [0.2, 0.25) is 0 Å². The summed E-state index contributed by atoms with van der Waals surface area (Å²) in [5, 5.41) is 0.401. The average molecular weight is 239 g/mol. The van der Waals surface area contributed by atoms with Crippen LogP contribution in [0.2, 0.25) is 0 Å². The monoisotopic (exact) mass is 238 g/mol. The Hall–Kier alpha value is -0.200. The molecule has 15 heavy (non-hydrogen) atoms. The van der Waals surface area contributed by atoms with Crippen molar-refractivity contribution >= 4 is 23.2 Å². The van der Waals surface area contributed by atoms with Gasteiger partial charge in [0.05, 0.1) is 10.8 Å². The van der Waals surface area contributed by atoms with E-state index in [0.717, 1.165) is 11.8 Å². The van der Waals surface area contributed by atoms with Crippen LogP contribution in [0.5, 0.6) is 0 Å². The zero-order valence-corrected chi connectivity index (χ0v) is 9.75. The molecule has 0 N–H and O–H groups in total. The van der Waals surface area contributed by atoms with Crippen LogP contribution in [0.25, 0.3) is 0 Å². The molecule has 0 amide bonds. The van der Waals surface area contributed by atoms with Crippen molar-refractivity contribution in [3.8, 4) is 0 Å². The van der Waals surface area contributed by atoms with Gasteiger partial charge in [-0.15, -0.1) is 23.2 Å². The highest BCUT2D eigenvalue weighted by Crippen LogP contribution is 2.69. The van der Waals surface area contributed by atoms with Gasteiger partial charge in [-0.25, -0.2) is 0 Å². The maximum atomic E-state index is 6.39. The lowest BCUT2D eigenvalue weighted by molar-refractivity contribution is 0.332. The van der Waals surface area contributed by atoms with Crippen molar-refractivity contribution in [2.24, 2.45) is 11.8 Å². The van der Waals surface area contributed by atoms with Gasteiger partial charge >= 0.3 is 0 Å². The topological polar surface area (TPSA) is 0 Å². The molecule has 0 saturated heterocycles. The number of fused-ring (bicyclic) bond motifs is 8. The normalized spacial score (nSPS) is 49.7. The van der Waals surface area contributed by atoms with E-state index >= 15 is 0 Å². The van der Waals surface area contributed by atoms with Crippen molar-refractivity contribution in [2.45, 2.75) is 29.0 Å². The molecule has 2 bridgehead atoms. The fourth-order valence-electron chi connectivity index (χ4n) is 4.14. The van der Waals surface area contributed by atoms with Crippen molar-refractivity contribution in [3.05, 3.63) is 35.4 Å². The lowest BCUT2D eigenvalue weighted by Crippen LogP contribution is -2.39. The van der Waals surface area contributed by atoms with Gasteiger partial charge in [-0.05, 0) is 41.2 Å². The van der Waals surface area contributed by atoms with Crippen LogP contribution in [-0.4, -0.2) is 10.8 Å². The van der Waals surface area contributed by atoms with Gasteiger partial charge in [-0.3, -0.25) is 0 Å². The summed E-state index contributed by atoms with van der Waals surface area (Å²) in [5.41, 5.74) is 3.09. The molecule has 0 nitrogen and oxygen atoms in total. The van der Waals surface area contributed by atoms with Crippen LogP contribution < -0.4 is 0 Å². The minimum Gasteiger partial charge on any atom is -0.121 e. The summed E-state index contributed by atoms with van der Waals surface area (Å²) in [5.74, 6) is 2.73. The Morgan fingerprint density at radius 3 is 1.80 bits per heavy atom. The largest absolute Gasteiger partial charge is 0.121 e. The zero-order valence-electron chi connectivity index (χ0n) is 8.24. The van der Waals surface area contributed by atoms with Crippen LogP contribution in [0.3, 0.4) is 0 Å². The van der Waals surface area contributed by atoms with E-state index in [0.29, 0.717) is 11.8 Å². The zero-order chi connectivity index (χ0) is 10.2. The first-order valence-electron chi connectivity index (χ1n) is 5.66. The van der Waals surface area contributed by atoms with Gasteiger partial charge in [0.1, 0.15) is 0 Å². The van der Waals surface area contributed by atoms with E-state index in [2.05, 4.69) is 24.3 Å². The molecule has 3 aliphatic carbocycles. The van der Waals surface area contributed by atoms with E-state index in [4.69, 9.17) is 23.2 Å². The van der Waals surface area contributed by atoms with Gasteiger partial charge in [0, 0.05) is 0 Å². The summed E-state index contributed by atoms with van der Waals surface area (Å²) in [6, 6.07) is 8.82. The van der Waals surface area contributed by atoms with Crippen LogP contribution in [0, 0.1) is 11.8 Å². The third kappa shape index (κ3) is 0.877. The Morgan fingerprint density at radius 2 is 1.33 bits per heavy atom. The van der Waals surface area contributed by atoms with Crippen molar-refractivity contribution < 1.29 is 0 Å². The van der Waals surface area contributed by atoms with E-state index in [1.807, 2.05) is 0 Å². The summed E-state index contributed by atoms with van der Waals surface area (Å²) in [6.45, 7) is 0. The molecule has 0 aliphatic heterocycles. The van der Waals surface area contributed by atoms with Crippen LogP contribution >= 0.6 is 23.2 Å². The Balaban J connectivity index is 1.84. The summed E-state index contributed by atoms with van der Waals surface area (Å²) < 4.78 is 0. The SMILES string of the molecule is Cl[C@@H]1[C@H](Cl)[C@@H]2C[C@H]1[C@H]1c3ccccc3[C@@H]21. The van der Waals surface area contributed by atoms with Crippen LogP contribution in [0.1, 0.15) is 29.4 Å². The maximum absolute atomic E-state index is 6.39. The van der Waals surface area contributed by atoms with Gasteiger partial charge < -0.3 is 0 Å². The molecule has 0 heterocycles. The maximum Gasteiger partial charge on any atom is 0.0537 e. The highest BCUT2D eigenvalue weighted by Gasteiger charge is 2.62. The number of alkyl halides is 2. The van der Waals surface area contributed by atoms with Crippen LogP contribution in [-0.2, 0) is 0 Å². The molecule has 1 aromatic rings. The van der Waals surface area contributed by atoms with Gasteiger partial charge in [0.15, 0.2) is 0 Å². The molecule has 78 valence electrons. The van der Waals surface area contributed by atoms with Gasteiger partial charge in [0.25, 0.3) is 0 Å².